The van der Waals surface area contributed by atoms with Crippen LogP contribution in [-0.2, 0) is 0 Å². The van der Waals surface area contributed by atoms with E-state index < -0.39 is 0 Å². The Balaban J connectivity index is 2.17. The Labute approximate surface area is 196 Å². The van der Waals surface area contributed by atoms with Crippen LogP contribution in [0.4, 0.5) is 0 Å². The summed E-state index contributed by atoms with van der Waals surface area (Å²) in [7, 11) is 0. The Bertz CT molecular complexity index is 485. The van der Waals surface area contributed by atoms with Crippen molar-refractivity contribution in [1.29, 1.82) is 0 Å². The second-order valence-corrected chi connectivity index (χ2v) is 10.1. The fraction of sp³-hybridized carbons (Fsp3) is 0.897. The van der Waals surface area contributed by atoms with Crippen molar-refractivity contribution in [3.63, 3.8) is 0 Å². The van der Waals surface area contributed by atoms with Gasteiger partial charge in [0, 0.05) is 0 Å². The van der Waals surface area contributed by atoms with Gasteiger partial charge in [-0.25, -0.2) is 9.55 Å². The van der Waals surface area contributed by atoms with Crippen LogP contribution in [-0.4, -0.2) is 4.98 Å². The van der Waals surface area contributed by atoms with Gasteiger partial charge in [0.25, 0.3) is 5.82 Å². The molecule has 0 aromatic carbocycles. The summed E-state index contributed by atoms with van der Waals surface area (Å²) in [5.41, 5.74) is 0. The monoisotopic (exact) mass is 433 g/mol. The Morgan fingerprint density at radius 1 is 0.613 bits per heavy atom. The van der Waals surface area contributed by atoms with Gasteiger partial charge in [-0.15, -0.1) is 0 Å². The van der Waals surface area contributed by atoms with Gasteiger partial charge < -0.3 is 0 Å². The lowest BCUT2D eigenvalue weighted by Crippen LogP contribution is -2.41. The number of H-pyrrole nitrogens is 1. The minimum Gasteiger partial charge on any atom is -0.247 e. The molecule has 0 aliphatic carbocycles. The molecule has 1 rings (SSSR count). The maximum atomic E-state index is 3.62. The summed E-state index contributed by atoms with van der Waals surface area (Å²) < 4.78 is 2.57. The topological polar surface area (TPSA) is 19.7 Å². The van der Waals surface area contributed by atoms with Gasteiger partial charge in [0.15, 0.2) is 0 Å². The van der Waals surface area contributed by atoms with Crippen molar-refractivity contribution in [2.45, 2.75) is 168 Å². The highest BCUT2D eigenvalue weighted by Crippen LogP contribution is 2.25. The summed E-state index contributed by atoms with van der Waals surface area (Å²) in [5, 5.41) is 0. The molecule has 0 aliphatic rings. The number of imidazole rings is 1. The zero-order valence-electron chi connectivity index (χ0n) is 21.9. The molecule has 0 saturated carbocycles. The minimum absolute atomic E-state index is 0.625. The van der Waals surface area contributed by atoms with Gasteiger partial charge in [0.05, 0.1) is 12.0 Å². The summed E-state index contributed by atoms with van der Waals surface area (Å²) in [6.45, 7) is 9.36. The zero-order chi connectivity index (χ0) is 22.6. The fourth-order valence-electron chi connectivity index (χ4n) is 4.99. The summed E-state index contributed by atoms with van der Waals surface area (Å²) in [4.78, 5) is 3.62. The van der Waals surface area contributed by atoms with Crippen molar-refractivity contribution >= 4 is 0 Å². The molecular formula is C29H57N2+. The molecule has 0 saturated heterocycles. The first-order valence-electron chi connectivity index (χ1n) is 14.3. The van der Waals surface area contributed by atoms with Crippen LogP contribution < -0.4 is 4.57 Å². The standard InChI is InChI=1S/C29H56N2/c1-5-8-11-12-13-14-15-16-17-18-19-20-21-22-27(4)31-26-25-30-29(31)28(23-9-6-2)24-10-7-3/h25-28H,5-24H2,1-4H3/p+1. The summed E-state index contributed by atoms with van der Waals surface area (Å²) in [5.74, 6) is 2.20. The maximum Gasteiger partial charge on any atom is 0.257 e. The molecule has 1 aromatic heterocycles. The third-order valence-electron chi connectivity index (χ3n) is 7.14. The predicted molar refractivity (Wildman–Crippen MR) is 138 cm³/mol. The van der Waals surface area contributed by atoms with E-state index in [0.29, 0.717) is 12.0 Å². The van der Waals surface area contributed by atoms with Crippen molar-refractivity contribution < 1.29 is 4.57 Å². The van der Waals surface area contributed by atoms with Crippen LogP contribution >= 0.6 is 0 Å². The van der Waals surface area contributed by atoms with Crippen molar-refractivity contribution in [1.82, 2.24) is 4.98 Å². The molecule has 1 unspecified atom stereocenters. The molecular weight excluding hydrogens is 376 g/mol. The summed E-state index contributed by atoms with van der Waals surface area (Å²) in [6, 6.07) is 0.625. The lowest BCUT2D eigenvalue weighted by Gasteiger charge is -2.16. The average Bonchev–Trinajstić information content (AvgIpc) is 3.27. The largest absolute Gasteiger partial charge is 0.257 e. The number of hydrogen-bond donors (Lipinski definition) is 1. The van der Waals surface area contributed by atoms with Crippen LogP contribution in [0, 0.1) is 0 Å². The number of nitrogens with one attached hydrogen (secondary N) is 1. The minimum atomic E-state index is 0.625. The van der Waals surface area contributed by atoms with E-state index >= 15 is 0 Å². The van der Waals surface area contributed by atoms with Crippen LogP contribution in [0.2, 0.25) is 0 Å². The Morgan fingerprint density at radius 2 is 1.06 bits per heavy atom. The number of hydrogen-bond acceptors (Lipinski definition) is 0. The molecule has 1 aromatic rings. The van der Waals surface area contributed by atoms with Gasteiger partial charge in [-0.2, -0.15) is 0 Å². The van der Waals surface area contributed by atoms with E-state index in [-0.39, 0.29) is 0 Å². The predicted octanol–water partition coefficient (Wildman–Crippen LogP) is 9.81. The molecule has 182 valence electrons. The van der Waals surface area contributed by atoms with Crippen molar-refractivity contribution in [3.8, 4) is 0 Å². The molecule has 1 heterocycles. The van der Waals surface area contributed by atoms with Crippen molar-refractivity contribution in [2.24, 2.45) is 0 Å². The van der Waals surface area contributed by atoms with Crippen LogP contribution in [0.15, 0.2) is 12.4 Å². The molecule has 0 spiro atoms. The van der Waals surface area contributed by atoms with E-state index in [4.69, 9.17) is 0 Å². The van der Waals surface area contributed by atoms with E-state index in [9.17, 15) is 0 Å². The van der Waals surface area contributed by atoms with Gasteiger partial charge in [0.1, 0.15) is 12.4 Å². The molecule has 2 nitrogen and oxygen atoms in total. The van der Waals surface area contributed by atoms with Gasteiger partial charge >= 0.3 is 0 Å². The number of nitrogens with zero attached hydrogens (tertiary/aromatic N) is 1. The number of rotatable bonds is 22. The average molecular weight is 434 g/mol. The molecule has 1 N–H and O–H groups in total. The highest BCUT2D eigenvalue weighted by molar-refractivity contribution is 4.90. The Hall–Kier alpha value is -0.790. The highest BCUT2D eigenvalue weighted by atomic mass is 15.1. The molecule has 1 atom stereocenters. The number of unbranched alkanes of at least 4 members (excludes halogenated alkanes) is 14. The van der Waals surface area contributed by atoms with Crippen LogP contribution in [0.25, 0.3) is 0 Å². The van der Waals surface area contributed by atoms with E-state index in [1.807, 2.05) is 0 Å². The first-order chi connectivity index (χ1) is 15.2. The van der Waals surface area contributed by atoms with Crippen LogP contribution in [0.3, 0.4) is 0 Å². The number of aromatic nitrogens is 2. The first-order valence-corrected chi connectivity index (χ1v) is 14.3. The van der Waals surface area contributed by atoms with E-state index in [0.717, 1.165) is 0 Å². The molecule has 31 heavy (non-hydrogen) atoms. The smallest absolute Gasteiger partial charge is 0.247 e. The Morgan fingerprint density at radius 3 is 1.55 bits per heavy atom. The normalized spacial score (nSPS) is 12.7. The second kappa shape index (κ2) is 19.9. The molecule has 0 aliphatic heterocycles. The van der Waals surface area contributed by atoms with Gasteiger partial charge in [-0.05, 0) is 32.6 Å². The fourth-order valence-corrected chi connectivity index (χ4v) is 4.99. The van der Waals surface area contributed by atoms with Crippen molar-refractivity contribution in [3.05, 3.63) is 18.2 Å². The molecule has 2 heteroatoms. The molecule has 0 radical (unpaired) electrons. The summed E-state index contributed by atoms with van der Waals surface area (Å²) >= 11 is 0. The van der Waals surface area contributed by atoms with Gasteiger partial charge in [-0.1, -0.05) is 124 Å². The van der Waals surface area contributed by atoms with Crippen LogP contribution in [0.1, 0.15) is 174 Å². The maximum absolute atomic E-state index is 3.62. The van der Waals surface area contributed by atoms with Crippen molar-refractivity contribution in [2.75, 3.05) is 0 Å². The van der Waals surface area contributed by atoms with E-state index in [1.165, 1.54) is 134 Å². The zero-order valence-corrected chi connectivity index (χ0v) is 21.9. The Kier molecular flexibility index (Phi) is 18.1. The lowest BCUT2D eigenvalue weighted by atomic mass is 9.94. The number of aromatic amines is 1. The third kappa shape index (κ3) is 13.4. The van der Waals surface area contributed by atoms with E-state index in [1.54, 1.807) is 0 Å². The highest BCUT2D eigenvalue weighted by Gasteiger charge is 2.24. The summed E-state index contributed by atoms with van der Waals surface area (Å²) in [6.07, 6.45) is 32.5. The molecule has 0 amide bonds. The quantitative estimate of drug-likeness (QED) is 0.139. The molecule has 0 fully saturated rings. The van der Waals surface area contributed by atoms with Crippen LogP contribution in [0.5, 0.6) is 0 Å². The lowest BCUT2D eigenvalue weighted by molar-refractivity contribution is -0.727. The first kappa shape index (κ1) is 28.2. The third-order valence-corrected chi connectivity index (χ3v) is 7.14. The molecule has 0 bridgehead atoms. The van der Waals surface area contributed by atoms with Gasteiger partial charge in [-0.3, -0.25) is 0 Å². The second-order valence-electron chi connectivity index (χ2n) is 10.1. The SMILES string of the molecule is CCCCCCCCCCCCCCCC(C)[n+]1cc[nH]c1C(CCCC)CCCC. The van der Waals surface area contributed by atoms with E-state index in [2.05, 4.69) is 49.6 Å². The van der Waals surface area contributed by atoms with Gasteiger partial charge in [0.2, 0.25) is 0 Å².